The highest BCUT2D eigenvalue weighted by atomic mass is 31.2. The molecule has 172 valence electrons. The molecule has 0 N–H and O–H groups in total. The van der Waals surface area contributed by atoms with E-state index < -0.39 is 24.7 Å². The Morgan fingerprint density at radius 2 is 1.52 bits per heavy atom. The van der Waals surface area contributed by atoms with Gasteiger partial charge in [-0.25, -0.2) is 0 Å². The quantitative estimate of drug-likeness (QED) is 0.456. The van der Waals surface area contributed by atoms with Crippen molar-refractivity contribution in [3.05, 3.63) is 71.3 Å². The van der Waals surface area contributed by atoms with Crippen LogP contribution in [0.25, 0.3) is 0 Å². The molecular weight excluding hydrogens is 439 g/mol. The van der Waals surface area contributed by atoms with Crippen LogP contribution in [0.1, 0.15) is 30.5 Å². The molecule has 0 bridgehead atoms. The summed E-state index contributed by atoms with van der Waals surface area (Å²) < 4.78 is 25.8. The van der Waals surface area contributed by atoms with Crippen molar-refractivity contribution in [2.24, 2.45) is 16.8 Å². The topological polar surface area (TPSA) is 85.3 Å². The molecule has 0 radical (unpaired) electrons. The molecule has 1 aliphatic carbocycles. The number of nitrogens with zero attached hydrogens (tertiary/aromatic N) is 2. The van der Waals surface area contributed by atoms with Crippen LogP contribution in [0.3, 0.4) is 0 Å². The lowest BCUT2D eigenvalue weighted by molar-refractivity contribution is -0.142. The molecule has 2 heterocycles. The maximum Gasteiger partial charge on any atom is 0.363 e. The third-order valence-corrected chi connectivity index (χ3v) is 9.54. The number of benzene rings is 2. The summed E-state index contributed by atoms with van der Waals surface area (Å²) in [5, 5.41) is -1.60. The molecule has 8 heteroatoms. The minimum absolute atomic E-state index is 0.128. The van der Waals surface area contributed by atoms with Gasteiger partial charge >= 0.3 is 7.60 Å². The van der Waals surface area contributed by atoms with Crippen LogP contribution in [0.4, 0.5) is 0 Å². The lowest BCUT2D eigenvalue weighted by Gasteiger charge is -2.37. The zero-order valence-corrected chi connectivity index (χ0v) is 19.6. The lowest BCUT2D eigenvalue weighted by atomic mass is 9.87. The van der Waals surface area contributed by atoms with Crippen molar-refractivity contribution in [3.8, 4) is 0 Å². The maximum absolute atomic E-state index is 14.3. The molecule has 3 aliphatic rings. The van der Waals surface area contributed by atoms with Crippen molar-refractivity contribution < 1.29 is 23.2 Å². The predicted octanol–water partition coefficient (Wildman–Crippen LogP) is 3.96. The second-order valence-corrected chi connectivity index (χ2v) is 10.8. The van der Waals surface area contributed by atoms with Crippen LogP contribution < -0.4 is 0 Å². The summed E-state index contributed by atoms with van der Waals surface area (Å²) in [5.74, 6) is -2.41. The van der Waals surface area contributed by atoms with Gasteiger partial charge in [-0.1, -0.05) is 54.6 Å². The summed E-state index contributed by atoms with van der Waals surface area (Å²) >= 11 is 0. The van der Waals surface area contributed by atoms with E-state index in [9.17, 15) is 14.2 Å². The van der Waals surface area contributed by atoms with Crippen molar-refractivity contribution in [2.75, 3.05) is 13.2 Å². The Morgan fingerprint density at radius 1 is 0.939 bits per heavy atom. The zero-order valence-electron chi connectivity index (χ0n) is 18.7. The number of rotatable bonds is 7. The molecule has 0 saturated carbocycles. The maximum atomic E-state index is 14.3. The number of carbonyl (C=O) groups is 2. The van der Waals surface area contributed by atoms with E-state index in [0.717, 1.165) is 11.1 Å². The highest BCUT2D eigenvalue weighted by molar-refractivity contribution is 7.55. The first kappa shape index (κ1) is 22.2. The Morgan fingerprint density at radius 3 is 2.09 bits per heavy atom. The van der Waals surface area contributed by atoms with Crippen LogP contribution >= 0.6 is 7.60 Å². The highest BCUT2D eigenvalue weighted by Crippen LogP contribution is 2.72. The predicted molar refractivity (Wildman–Crippen MR) is 124 cm³/mol. The number of hydrogen-bond donors (Lipinski definition) is 0. The van der Waals surface area contributed by atoms with E-state index in [1.165, 1.54) is 11.1 Å². The van der Waals surface area contributed by atoms with Gasteiger partial charge in [-0.3, -0.25) is 24.0 Å². The fourth-order valence-corrected chi connectivity index (χ4v) is 7.98. The van der Waals surface area contributed by atoms with Gasteiger partial charge in [0.05, 0.1) is 25.0 Å². The van der Waals surface area contributed by atoms with Gasteiger partial charge in [-0.2, -0.15) is 0 Å². The summed E-state index contributed by atoms with van der Waals surface area (Å²) in [6, 6.07) is 16.7. The number of amides is 2. The molecule has 2 amide bonds. The third kappa shape index (κ3) is 3.17. The fourth-order valence-electron chi connectivity index (χ4n) is 5.55. The number of carbonyl (C=O) groups excluding carboxylic acids is 2. The SMILES string of the molecule is CCOP(=O)(OCC)C1(c2ccccc2)N=CC2C(=O)N(C3Cc4ccccc4C3)C(=O)C21. The zero-order chi connectivity index (χ0) is 23.2. The molecule has 2 aliphatic heterocycles. The minimum Gasteiger partial charge on any atom is -0.307 e. The summed E-state index contributed by atoms with van der Waals surface area (Å²) in [6.07, 6.45) is 2.74. The lowest BCUT2D eigenvalue weighted by Crippen LogP contribution is -2.44. The molecule has 2 aromatic rings. The van der Waals surface area contributed by atoms with Gasteiger partial charge in [0, 0.05) is 12.3 Å². The first-order valence-electron chi connectivity index (χ1n) is 11.4. The summed E-state index contributed by atoms with van der Waals surface area (Å²) in [6.45, 7) is 3.71. The normalized spacial score (nSPS) is 26.8. The first-order valence-corrected chi connectivity index (χ1v) is 12.9. The minimum atomic E-state index is -3.97. The van der Waals surface area contributed by atoms with E-state index >= 15 is 0 Å². The monoisotopic (exact) mass is 466 g/mol. The van der Waals surface area contributed by atoms with Crippen LogP contribution in [0.15, 0.2) is 59.6 Å². The van der Waals surface area contributed by atoms with Crippen molar-refractivity contribution in [1.29, 1.82) is 0 Å². The van der Waals surface area contributed by atoms with Crippen LogP contribution in [-0.2, 0) is 41.3 Å². The van der Waals surface area contributed by atoms with E-state index in [-0.39, 0.29) is 31.1 Å². The number of hydrogen-bond acceptors (Lipinski definition) is 6. The number of imide groups is 1. The van der Waals surface area contributed by atoms with E-state index in [1.54, 1.807) is 38.1 Å². The van der Waals surface area contributed by atoms with E-state index in [2.05, 4.69) is 4.99 Å². The van der Waals surface area contributed by atoms with Gasteiger partial charge in [-0.05, 0) is 43.4 Å². The van der Waals surface area contributed by atoms with Crippen LogP contribution in [0.2, 0.25) is 0 Å². The number of likely N-dealkylation sites (tertiary alicyclic amines) is 1. The molecule has 2 aromatic carbocycles. The average molecular weight is 466 g/mol. The summed E-state index contributed by atoms with van der Waals surface area (Å²) in [4.78, 5) is 33.5. The molecule has 7 nitrogen and oxygen atoms in total. The fraction of sp³-hybridized carbons (Fsp3) is 0.400. The molecule has 0 aromatic heterocycles. The Hall–Kier alpha value is -2.60. The van der Waals surface area contributed by atoms with Gasteiger partial charge in [0.15, 0.2) is 5.28 Å². The molecule has 1 saturated heterocycles. The molecule has 33 heavy (non-hydrogen) atoms. The number of aliphatic imine (C=N–C) groups is 1. The summed E-state index contributed by atoms with van der Waals surface area (Å²) in [7, 11) is -3.97. The van der Waals surface area contributed by atoms with E-state index in [1.807, 2.05) is 30.3 Å². The Bertz CT molecular complexity index is 1130. The second-order valence-electron chi connectivity index (χ2n) is 8.58. The van der Waals surface area contributed by atoms with Gasteiger partial charge in [-0.15, -0.1) is 0 Å². The van der Waals surface area contributed by atoms with Crippen molar-refractivity contribution in [1.82, 2.24) is 4.90 Å². The molecular formula is C25H27N2O5P. The Balaban J connectivity index is 1.60. The van der Waals surface area contributed by atoms with Crippen molar-refractivity contribution in [2.45, 2.75) is 38.0 Å². The van der Waals surface area contributed by atoms with E-state index in [0.29, 0.717) is 18.4 Å². The van der Waals surface area contributed by atoms with E-state index in [4.69, 9.17) is 9.05 Å². The molecule has 3 atom stereocenters. The van der Waals surface area contributed by atoms with Crippen LogP contribution in [0.5, 0.6) is 0 Å². The molecule has 5 rings (SSSR count). The van der Waals surface area contributed by atoms with Crippen LogP contribution in [0, 0.1) is 11.8 Å². The van der Waals surface area contributed by atoms with Gasteiger partial charge in [0.2, 0.25) is 11.8 Å². The second kappa shape index (κ2) is 8.32. The largest absolute Gasteiger partial charge is 0.363 e. The highest BCUT2D eigenvalue weighted by Gasteiger charge is 2.70. The van der Waals surface area contributed by atoms with Gasteiger partial charge < -0.3 is 9.05 Å². The summed E-state index contributed by atoms with van der Waals surface area (Å²) in [5.41, 5.74) is 2.85. The average Bonchev–Trinajstić information content (AvgIpc) is 3.48. The smallest absolute Gasteiger partial charge is 0.307 e. The Kier molecular flexibility index (Phi) is 5.60. The standard InChI is InChI=1S/C25H27N2O5P/c1-3-31-33(30,32-4-2)25(19-12-6-5-7-13-19)22-21(16-26-25)23(28)27(24(22)29)20-14-17-10-8-9-11-18(17)15-20/h5-13,16,20-22H,3-4,14-15H2,1-2H3. The number of fused-ring (bicyclic) bond motifs is 2. The molecule has 0 spiro atoms. The van der Waals surface area contributed by atoms with Gasteiger partial charge in [0.25, 0.3) is 0 Å². The molecule has 1 fully saturated rings. The van der Waals surface area contributed by atoms with Crippen molar-refractivity contribution in [3.63, 3.8) is 0 Å². The Labute approximate surface area is 193 Å². The van der Waals surface area contributed by atoms with Crippen LogP contribution in [-0.4, -0.2) is 42.2 Å². The van der Waals surface area contributed by atoms with Crippen molar-refractivity contribution >= 4 is 25.6 Å². The third-order valence-electron chi connectivity index (χ3n) is 6.86. The molecule has 3 unspecified atom stereocenters. The van der Waals surface area contributed by atoms with Gasteiger partial charge in [0.1, 0.15) is 0 Å². The first-order chi connectivity index (χ1) is 16.0.